The smallest absolute Gasteiger partial charge is 0.325 e. The highest BCUT2D eigenvalue weighted by atomic mass is 32.2. The van der Waals surface area contributed by atoms with E-state index in [4.69, 9.17) is 4.74 Å². The van der Waals surface area contributed by atoms with Gasteiger partial charge in [-0.05, 0) is 55.1 Å². The molecule has 8 heteroatoms. The van der Waals surface area contributed by atoms with Gasteiger partial charge in [0.2, 0.25) is 0 Å². The van der Waals surface area contributed by atoms with E-state index < -0.39 is 0 Å². The maximum atomic E-state index is 13.2. The van der Waals surface area contributed by atoms with Crippen molar-refractivity contribution >= 4 is 51.5 Å². The van der Waals surface area contributed by atoms with Crippen LogP contribution in [0.15, 0.2) is 64.6 Å². The summed E-state index contributed by atoms with van der Waals surface area (Å²) < 4.78 is 19.8. The molecule has 1 aromatic heterocycles. The lowest BCUT2D eigenvalue weighted by molar-refractivity contribution is -0.141. The van der Waals surface area contributed by atoms with E-state index in [-0.39, 0.29) is 24.2 Å². The molecule has 0 spiro atoms. The number of halogens is 1. The van der Waals surface area contributed by atoms with Gasteiger partial charge in [-0.15, -0.1) is 0 Å². The lowest BCUT2D eigenvalue weighted by Crippen LogP contribution is -2.28. The first-order valence-corrected chi connectivity index (χ1v) is 10.5. The molecule has 1 aliphatic rings. The number of aromatic nitrogens is 1. The van der Waals surface area contributed by atoms with E-state index in [9.17, 15) is 14.0 Å². The van der Waals surface area contributed by atoms with Gasteiger partial charge < -0.3 is 9.30 Å². The summed E-state index contributed by atoms with van der Waals surface area (Å²) in [6.45, 7) is 2.43. The summed E-state index contributed by atoms with van der Waals surface area (Å²) in [7, 11) is 1.35. The number of carbonyl (C=O) groups excluding carboxylic acids is 2. The van der Waals surface area contributed by atoms with E-state index in [0.717, 1.165) is 16.5 Å². The van der Waals surface area contributed by atoms with Crippen LogP contribution in [0.5, 0.6) is 0 Å². The minimum absolute atomic E-state index is 0.0830. The van der Waals surface area contributed by atoms with Crippen LogP contribution in [0.3, 0.4) is 0 Å². The Morgan fingerprint density at radius 2 is 1.94 bits per heavy atom. The van der Waals surface area contributed by atoms with E-state index in [1.807, 2.05) is 48.0 Å². The van der Waals surface area contributed by atoms with Crippen molar-refractivity contribution in [1.29, 1.82) is 0 Å². The molecule has 4 rings (SSSR count). The van der Waals surface area contributed by atoms with Gasteiger partial charge in [-0.3, -0.25) is 14.5 Å². The molecule has 2 heterocycles. The highest BCUT2D eigenvalue weighted by Crippen LogP contribution is 2.35. The Balaban J connectivity index is 1.72. The molecule has 158 valence electrons. The van der Waals surface area contributed by atoms with Crippen molar-refractivity contribution in [2.45, 2.75) is 13.5 Å². The van der Waals surface area contributed by atoms with Crippen LogP contribution in [0, 0.1) is 5.82 Å². The first-order valence-electron chi connectivity index (χ1n) is 9.70. The topological polar surface area (TPSA) is 63.9 Å². The summed E-state index contributed by atoms with van der Waals surface area (Å²) in [5, 5.41) is 1.47. The van der Waals surface area contributed by atoms with Gasteiger partial charge in [-0.25, -0.2) is 9.38 Å². The zero-order valence-corrected chi connectivity index (χ0v) is 17.9. The SMILES string of the molecule is CCN1C(=O)/C(=C\c2cn(CC(=O)OC)c3ccccc23)SC1=Nc1ccc(F)cc1. The van der Waals surface area contributed by atoms with Crippen LogP contribution in [0.4, 0.5) is 10.1 Å². The predicted octanol–water partition coefficient (Wildman–Crippen LogP) is 4.58. The number of hydrogen-bond donors (Lipinski definition) is 0. The molecule has 1 aliphatic heterocycles. The van der Waals surface area contributed by atoms with Crippen LogP contribution in [-0.4, -0.2) is 40.2 Å². The van der Waals surface area contributed by atoms with Crippen molar-refractivity contribution in [2.75, 3.05) is 13.7 Å². The van der Waals surface area contributed by atoms with Crippen LogP contribution in [-0.2, 0) is 20.9 Å². The third kappa shape index (κ3) is 4.25. The molecule has 0 saturated carbocycles. The van der Waals surface area contributed by atoms with Crippen molar-refractivity contribution in [1.82, 2.24) is 9.47 Å². The van der Waals surface area contributed by atoms with Gasteiger partial charge in [0.15, 0.2) is 5.17 Å². The number of thioether (sulfide) groups is 1. The number of rotatable bonds is 5. The molecular weight excluding hydrogens is 417 g/mol. The highest BCUT2D eigenvalue weighted by molar-refractivity contribution is 8.18. The number of carbonyl (C=O) groups is 2. The Morgan fingerprint density at radius 3 is 2.65 bits per heavy atom. The Bertz CT molecular complexity index is 1210. The van der Waals surface area contributed by atoms with Gasteiger partial charge in [0, 0.05) is 29.2 Å². The van der Waals surface area contributed by atoms with Crippen molar-refractivity contribution in [3.8, 4) is 0 Å². The zero-order chi connectivity index (χ0) is 22.0. The van der Waals surface area contributed by atoms with Crippen molar-refractivity contribution < 1.29 is 18.7 Å². The molecule has 2 aromatic carbocycles. The van der Waals surface area contributed by atoms with Gasteiger partial charge in [0.1, 0.15) is 12.4 Å². The summed E-state index contributed by atoms with van der Waals surface area (Å²) in [6.07, 6.45) is 3.66. The quantitative estimate of drug-likeness (QED) is 0.433. The van der Waals surface area contributed by atoms with Gasteiger partial charge in [0.25, 0.3) is 5.91 Å². The monoisotopic (exact) mass is 437 g/mol. The summed E-state index contributed by atoms with van der Waals surface area (Å²) in [6, 6.07) is 13.5. The number of para-hydroxylation sites is 1. The zero-order valence-electron chi connectivity index (χ0n) is 17.0. The number of methoxy groups -OCH3 is 1. The number of amidine groups is 1. The lowest BCUT2D eigenvalue weighted by atomic mass is 10.1. The molecule has 1 saturated heterocycles. The molecule has 31 heavy (non-hydrogen) atoms. The van der Waals surface area contributed by atoms with E-state index in [1.165, 1.54) is 31.0 Å². The average molecular weight is 437 g/mol. The molecule has 1 amide bonds. The summed E-state index contributed by atoms with van der Waals surface area (Å²) in [4.78, 5) is 31.4. The van der Waals surface area contributed by atoms with E-state index in [1.54, 1.807) is 17.0 Å². The number of hydrogen-bond acceptors (Lipinski definition) is 5. The maximum Gasteiger partial charge on any atom is 0.325 e. The highest BCUT2D eigenvalue weighted by Gasteiger charge is 2.32. The number of esters is 1. The standard InChI is InChI=1S/C23H20FN3O3S/c1-3-27-22(29)20(31-23(27)25-17-10-8-16(24)9-11-17)12-15-13-26(14-21(28)30-2)19-7-5-4-6-18(15)19/h4-13H,3,14H2,1-2H3/b20-12+,25-23?. The van der Waals surface area contributed by atoms with Crippen LogP contribution in [0.1, 0.15) is 12.5 Å². The van der Waals surface area contributed by atoms with E-state index >= 15 is 0 Å². The minimum atomic E-state index is -0.350. The fraction of sp³-hybridized carbons (Fsp3) is 0.174. The molecule has 0 aliphatic carbocycles. The van der Waals surface area contributed by atoms with Gasteiger partial charge in [-0.1, -0.05) is 18.2 Å². The molecule has 0 unspecified atom stereocenters. The number of ether oxygens (including phenoxy) is 1. The Hall–Kier alpha value is -3.39. The van der Waals surface area contributed by atoms with Gasteiger partial charge in [-0.2, -0.15) is 0 Å². The summed E-state index contributed by atoms with van der Waals surface area (Å²) >= 11 is 1.27. The Morgan fingerprint density at radius 1 is 1.19 bits per heavy atom. The number of aliphatic imine (C=N–C) groups is 1. The third-order valence-corrected chi connectivity index (χ3v) is 5.90. The molecule has 0 atom stereocenters. The average Bonchev–Trinajstić information content (AvgIpc) is 3.27. The van der Waals surface area contributed by atoms with Crippen LogP contribution >= 0.6 is 11.8 Å². The lowest BCUT2D eigenvalue weighted by Gasteiger charge is -2.11. The van der Waals surface area contributed by atoms with Crippen LogP contribution in [0.25, 0.3) is 17.0 Å². The number of fused-ring (bicyclic) bond motifs is 1. The number of likely N-dealkylation sites (N-methyl/N-ethyl adjacent to an activating group) is 1. The molecule has 3 aromatic rings. The van der Waals surface area contributed by atoms with E-state index in [0.29, 0.717) is 22.3 Å². The fourth-order valence-corrected chi connectivity index (χ4v) is 4.42. The second-order valence-electron chi connectivity index (χ2n) is 6.84. The number of benzene rings is 2. The largest absolute Gasteiger partial charge is 0.468 e. The minimum Gasteiger partial charge on any atom is -0.468 e. The second kappa shape index (κ2) is 8.77. The second-order valence-corrected chi connectivity index (χ2v) is 7.85. The molecule has 0 bridgehead atoms. The molecular formula is C23H20FN3O3S. The third-order valence-electron chi connectivity index (χ3n) is 4.89. The Kier molecular flexibility index (Phi) is 5.90. The fourth-order valence-electron chi connectivity index (χ4n) is 3.36. The van der Waals surface area contributed by atoms with Crippen molar-refractivity contribution in [3.05, 3.63) is 71.0 Å². The Labute approximate surface area is 183 Å². The van der Waals surface area contributed by atoms with Crippen LogP contribution < -0.4 is 0 Å². The first-order chi connectivity index (χ1) is 15.0. The predicted molar refractivity (Wildman–Crippen MR) is 120 cm³/mol. The molecule has 0 N–H and O–H groups in total. The molecule has 6 nitrogen and oxygen atoms in total. The van der Waals surface area contributed by atoms with E-state index in [2.05, 4.69) is 4.99 Å². The number of nitrogens with zero attached hydrogens (tertiary/aromatic N) is 3. The normalized spacial score (nSPS) is 16.6. The van der Waals surface area contributed by atoms with Gasteiger partial charge >= 0.3 is 5.97 Å². The van der Waals surface area contributed by atoms with Crippen LogP contribution in [0.2, 0.25) is 0 Å². The number of amides is 1. The summed E-state index contributed by atoms with van der Waals surface area (Å²) in [5.74, 6) is -0.828. The molecule has 0 radical (unpaired) electrons. The first kappa shape index (κ1) is 20.9. The summed E-state index contributed by atoms with van der Waals surface area (Å²) in [5.41, 5.74) is 2.28. The van der Waals surface area contributed by atoms with Crippen molar-refractivity contribution in [2.24, 2.45) is 4.99 Å². The van der Waals surface area contributed by atoms with Gasteiger partial charge in [0.05, 0.1) is 17.7 Å². The van der Waals surface area contributed by atoms with Crippen molar-refractivity contribution in [3.63, 3.8) is 0 Å². The molecule has 1 fully saturated rings. The maximum absolute atomic E-state index is 13.2.